The lowest BCUT2D eigenvalue weighted by Gasteiger charge is -2.09. The van der Waals surface area contributed by atoms with Crippen molar-refractivity contribution in [3.63, 3.8) is 0 Å². The smallest absolute Gasteiger partial charge is 0.100 e. The van der Waals surface area contributed by atoms with Crippen LogP contribution in [0.3, 0.4) is 0 Å². The van der Waals surface area contributed by atoms with Gasteiger partial charge in [0.05, 0.1) is 5.56 Å². The van der Waals surface area contributed by atoms with Gasteiger partial charge in [0.2, 0.25) is 0 Å². The normalized spacial score (nSPS) is 11.8. The second kappa shape index (κ2) is 4.22. The predicted molar refractivity (Wildman–Crippen MR) is 56.0 cm³/mol. The van der Waals surface area contributed by atoms with Crippen molar-refractivity contribution in [1.82, 2.24) is 0 Å². The second-order valence-corrected chi connectivity index (χ2v) is 3.38. The highest BCUT2D eigenvalue weighted by atomic mass is 79.9. The van der Waals surface area contributed by atoms with Crippen molar-refractivity contribution in [3.05, 3.63) is 46.5 Å². The number of hydrogen-bond acceptors (Lipinski definition) is 2. The van der Waals surface area contributed by atoms with Gasteiger partial charge in [-0.2, -0.15) is 5.26 Å². The first kappa shape index (κ1) is 9.97. The first-order valence-electron chi connectivity index (χ1n) is 3.77. The number of halogens is 1. The molecule has 1 aromatic rings. The lowest BCUT2D eigenvalue weighted by Crippen LogP contribution is -2.07. The third-order valence-corrected chi connectivity index (χ3v) is 2.65. The van der Waals surface area contributed by atoms with Crippen LogP contribution in [0.15, 0.2) is 35.3 Å². The molecular formula is C10H9BrN2. The van der Waals surface area contributed by atoms with Gasteiger partial charge in [0.25, 0.3) is 0 Å². The van der Waals surface area contributed by atoms with Gasteiger partial charge >= 0.3 is 0 Å². The molecule has 0 aliphatic heterocycles. The molecule has 0 aliphatic rings. The predicted octanol–water partition coefficient (Wildman–Crippen LogP) is 2.51. The average molecular weight is 237 g/mol. The van der Waals surface area contributed by atoms with Gasteiger partial charge in [-0.15, -0.1) is 6.58 Å². The van der Waals surface area contributed by atoms with E-state index in [-0.39, 0.29) is 6.04 Å². The van der Waals surface area contributed by atoms with Crippen molar-refractivity contribution in [2.45, 2.75) is 6.04 Å². The lowest BCUT2D eigenvalue weighted by molar-refractivity contribution is 0.907. The highest BCUT2D eigenvalue weighted by molar-refractivity contribution is 9.10. The molecule has 3 heteroatoms. The lowest BCUT2D eigenvalue weighted by atomic mass is 10.1. The maximum Gasteiger partial charge on any atom is 0.100 e. The zero-order chi connectivity index (χ0) is 9.84. The van der Waals surface area contributed by atoms with E-state index >= 15 is 0 Å². The molecule has 2 nitrogen and oxygen atoms in total. The van der Waals surface area contributed by atoms with Crippen LogP contribution in [0.25, 0.3) is 0 Å². The van der Waals surface area contributed by atoms with Gasteiger partial charge < -0.3 is 5.73 Å². The van der Waals surface area contributed by atoms with Crippen molar-refractivity contribution >= 4 is 15.9 Å². The molecule has 0 saturated carbocycles. The third-order valence-electron chi connectivity index (χ3n) is 1.76. The number of nitrogens with zero attached hydrogens (tertiary/aromatic N) is 1. The molecule has 0 amide bonds. The van der Waals surface area contributed by atoms with E-state index in [1.54, 1.807) is 12.1 Å². The minimum atomic E-state index is -0.234. The van der Waals surface area contributed by atoms with Gasteiger partial charge in [-0.05, 0) is 27.6 Å². The molecule has 0 fully saturated rings. The summed E-state index contributed by atoms with van der Waals surface area (Å²) in [5, 5.41) is 8.75. The maximum absolute atomic E-state index is 8.75. The molecule has 0 saturated heterocycles. The van der Waals surface area contributed by atoms with E-state index in [4.69, 9.17) is 11.0 Å². The van der Waals surface area contributed by atoms with Crippen LogP contribution in [0, 0.1) is 11.3 Å². The molecule has 1 atom stereocenters. The van der Waals surface area contributed by atoms with Crippen LogP contribution in [0.2, 0.25) is 0 Å². The summed E-state index contributed by atoms with van der Waals surface area (Å²) in [6.07, 6.45) is 1.64. The molecule has 0 aromatic heterocycles. The van der Waals surface area contributed by atoms with Crippen LogP contribution in [0.5, 0.6) is 0 Å². The quantitative estimate of drug-likeness (QED) is 0.803. The summed E-state index contributed by atoms with van der Waals surface area (Å²) >= 11 is 3.33. The van der Waals surface area contributed by atoms with E-state index in [1.807, 2.05) is 12.1 Å². The van der Waals surface area contributed by atoms with Crippen LogP contribution >= 0.6 is 15.9 Å². The Bertz CT molecular complexity index is 366. The monoisotopic (exact) mass is 236 g/mol. The molecule has 66 valence electrons. The topological polar surface area (TPSA) is 49.8 Å². The molecule has 1 unspecified atom stereocenters. The molecule has 2 N–H and O–H groups in total. The molecule has 0 aliphatic carbocycles. The van der Waals surface area contributed by atoms with Crippen molar-refractivity contribution in [2.24, 2.45) is 5.73 Å². The van der Waals surface area contributed by atoms with Crippen molar-refractivity contribution in [2.75, 3.05) is 0 Å². The Morgan fingerprint density at radius 2 is 2.31 bits per heavy atom. The largest absolute Gasteiger partial charge is 0.321 e. The van der Waals surface area contributed by atoms with Crippen molar-refractivity contribution in [1.29, 1.82) is 5.26 Å². The Hall–Kier alpha value is -1.11. The highest BCUT2D eigenvalue weighted by Gasteiger charge is 2.08. The Labute approximate surface area is 85.8 Å². The average Bonchev–Trinajstić information content (AvgIpc) is 2.17. The fourth-order valence-corrected chi connectivity index (χ4v) is 1.64. The fourth-order valence-electron chi connectivity index (χ4n) is 1.02. The van der Waals surface area contributed by atoms with Gasteiger partial charge in [0.15, 0.2) is 0 Å². The fraction of sp³-hybridized carbons (Fsp3) is 0.100. The van der Waals surface area contributed by atoms with Crippen LogP contribution in [0.1, 0.15) is 17.2 Å². The van der Waals surface area contributed by atoms with Crippen LogP contribution in [0.4, 0.5) is 0 Å². The van der Waals surface area contributed by atoms with Crippen LogP contribution < -0.4 is 5.73 Å². The van der Waals surface area contributed by atoms with Gasteiger partial charge in [-0.1, -0.05) is 18.2 Å². The van der Waals surface area contributed by atoms with Crippen LogP contribution in [-0.2, 0) is 0 Å². The van der Waals surface area contributed by atoms with E-state index in [0.717, 1.165) is 10.0 Å². The number of hydrogen-bond donors (Lipinski definition) is 1. The summed E-state index contributed by atoms with van der Waals surface area (Å²) in [5.74, 6) is 0. The van der Waals surface area contributed by atoms with Crippen LogP contribution in [-0.4, -0.2) is 0 Å². The first-order chi connectivity index (χ1) is 6.20. The number of benzene rings is 1. The third kappa shape index (κ3) is 1.97. The van der Waals surface area contributed by atoms with Gasteiger partial charge in [0, 0.05) is 10.5 Å². The molecular weight excluding hydrogens is 228 g/mol. The zero-order valence-corrected chi connectivity index (χ0v) is 8.58. The summed E-state index contributed by atoms with van der Waals surface area (Å²) < 4.78 is 0.755. The maximum atomic E-state index is 8.75. The molecule has 0 radical (unpaired) electrons. The van der Waals surface area contributed by atoms with E-state index in [2.05, 4.69) is 28.6 Å². The Morgan fingerprint density at radius 1 is 1.62 bits per heavy atom. The summed E-state index contributed by atoms with van der Waals surface area (Å²) in [6.45, 7) is 3.60. The van der Waals surface area contributed by atoms with E-state index < -0.39 is 0 Å². The summed E-state index contributed by atoms with van der Waals surface area (Å²) in [7, 11) is 0. The minimum Gasteiger partial charge on any atom is -0.321 e. The number of nitriles is 1. The van der Waals surface area contributed by atoms with Crippen molar-refractivity contribution in [3.8, 4) is 6.07 Å². The SMILES string of the molecule is C=CC(N)c1cccc(C#N)c1Br. The van der Waals surface area contributed by atoms with E-state index in [1.165, 1.54) is 0 Å². The molecule has 1 rings (SSSR count). The van der Waals surface area contributed by atoms with E-state index in [9.17, 15) is 0 Å². The summed E-state index contributed by atoms with van der Waals surface area (Å²) in [4.78, 5) is 0. The highest BCUT2D eigenvalue weighted by Crippen LogP contribution is 2.25. The summed E-state index contributed by atoms with van der Waals surface area (Å²) in [6, 6.07) is 7.26. The van der Waals surface area contributed by atoms with Gasteiger partial charge in [0.1, 0.15) is 6.07 Å². The molecule has 0 heterocycles. The Morgan fingerprint density at radius 3 is 2.85 bits per heavy atom. The molecule has 13 heavy (non-hydrogen) atoms. The second-order valence-electron chi connectivity index (χ2n) is 2.58. The van der Waals surface area contributed by atoms with E-state index in [0.29, 0.717) is 5.56 Å². The van der Waals surface area contributed by atoms with Gasteiger partial charge in [-0.25, -0.2) is 0 Å². The number of rotatable bonds is 2. The van der Waals surface area contributed by atoms with Crippen molar-refractivity contribution < 1.29 is 0 Å². The standard InChI is InChI=1S/C10H9BrN2/c1-2-9(13)8-5-3-4-7(6-12)10(8)11/h2-5,9H,1,13H2. The Balaban J connectivity index is 3.25. The number of nitrogens with two attached hydrogens (primary N) is 1. The molecule has 1 aromatic carbocycles. The Kier molecular flexibility index (Phi) is 3.24. The molecule has 0 spiro atoms. The summed E-state index contributed by atoms with van der Waals surface area (Å²) in [5.41, 5.74) is 7.24. The minimum absolute atomic E-state index is 0.234. The van der Waals surface area contributed by atoms with Gasteiger partial charge in [-0.3, -0.25) is 0 Å². The first-order valence-corrected chi connectivity index (χ1v) is 4.56. The zero-order valence-electron chi connectivity index (χ0n) is 7.00. The molecule has 0 bridgehead atoms.